The van der Waals surface area contributed by atoms with Crippen LogP contribution < -0.4 is 15.7 Å². The molecule has 25 heavy (non-hydrogen) atoms. The summed E-state index contributed by atoms with van der Waals surface area (Å²) in [6.07, 6.45) is 0. The SMILES string of the molecule is COc1ccc(C)cc1NC(=O)c1c(-c2ccccc2)n(C)oc1=O. The number of hydrogen-bond acceptors (Lipinski definition) is 4. The number of nitrogens with one attached hydrogen (secondary N) is 1. The normalized spacial score (nSPS) is 10.5. The third-order valence-electron chi connectivity index (χ3n) is 3.85. The van der Waals surface area contributed by atoms with Gasteiger partial charge < -0.3 is 14.6 Å². The molecule has 0 saturated heterocycles. The number of carbonyl (C=O) groups excluding carboxylic acids is 1. The molecule has 0 fully saturated rings. The largest absolute Gasteiger partial charge is 0.495 e. The van der Waals surface area contributed by atoms with Crippen molar-refractivity contribution < 1.29 is 14.1 Å². The Morgan fingerprint density at radius 3 is 2.56 bits per heavy atom. The molecule has 0 aliphatic heterocycles. The smallest absolute Gasteiger partial charge is 0.370 e. The van der Waals surface area contributed by atoms with E-state index in [4.69, 9.17) is 9.26 Å². The van der Waals surface area contributed by atoms with Gasteiger partial charge in [-0.15, -0.1) is 0 Å². The summed E-state index contributed by atoms with van der Waals surface area (Å²) in [6, 6.07) is 14.6. The average Bonchev–Trinajstić information content (AvgIpc) is 2.90. The molecule has 0 spiro atoms. The van der Waals surface area contributed by atoms with E-state index in [-0.39, 0.29) is 5.56 Å². The molecule has 3 rings (SSSR count). The molecule has 6 nitrogen and oxygen atoms in total. The highest BCUT2D eigenvalue weighted by atomic mass is 16.5. The van der Waals surface area contributed by atoms with Gasteiger partial charge in [0.1, 0.15) is 11.4 Å². The van der Waals surface area contributed by atoms with E-state index < -0.39 is 11.5 Å². The quantitative estimate of drug-likeness (QED) is 0.793. The monoisotopic (exact) mass is 338 g/mol. The second-order valence-electron chi connectivity index (χ2n) is 5.62. The van der Waals surface area contributed by atoms with Crippen molar-refractivity contribution in [2.24, 2.45) is 7.05 Å². The third-order valence-corrected chi connectivity index (χ3v) is 3.85. The molecule has 128 valence electrons. The molecular formula is C19H18N2O4. The zero-order valence-electron chi connectivity index (χ0n) is 14.2. The van der Waals surface area contributed by atoms with Crippen molar-refractivity contribution in [3.63, 3.8) is 0 Å². The zero-order valence-corrected chi connectivity index (χ0v) is 14.2. The fraction of sp³-hybridized carbons (Fsp3) is 0.158. The van der Waals surface area contributed by atoms with Crippen LogP contribution in [0.2, 0.25) is 0 Å². The van der Waals surface area contributed by atoms with E-state index in [1.165, 1.54) is 11.8 Å². The van der Waals surface area contributed by atoms with Crippen LogP contribution in [-0.4, -0.2) is 17.8 Å². The molecule has 1 heterocycles. The molecule has 6 heteroatoms. The van der Waals surface area contributed by atoms with Crippen molar-refractivity contribution in [1.29, 1.82) is 0 Å². The van der Waals surface area contributed by atoms with Gasteiger partial charge in [-0.2, -0.15) is 0 Å². The number of nitrogens with zero attached hydrogens (tertiary/aromatic N) is 1. The lowest BCUT2D eigenvalue weighted by Crippen LogP contribution is -2.19. The van der Waals surface area contributed by atoms with Crippen LogP contribution in [0, 0.1) is 6.92 Å². The van der Waals surface area contributed by atoms with Gasteiger partial charge in [0.15, 0.2) is 5.56 Å². The van der Waals surface area contributed by atoms with Crippen LogP contribution >= 0.6 is 0 Å². The third kappa shape index (κ3) is 3.19. The maximum atomic E-state index is 12.8. The fourth-order valence-electron chi connectivity index (χ4n) is 2.70. The second-order valence-corrected chi connectivity index (χ2v) is 5.62. The molecule has 2 aromatic carbocycles. The Morgan fingerprint density at radius 2 is 1.88 bits per heavy atom. The zero-order chi connectivity index (χ0) is 18.0. The number of rotatable bonds is 4. The van der Waals surface area contributed by atoms with Gasteiger partial charge in [0, 0.05) is 12.6 Å². The summed E-state index contributed by atoms with van der Waals surface area (Å²) >= 11 is 0. The minimum absolute atomic E-state index is 0.0442. The molecule has 0 aliphatic carbocycles. The topological polar surface area (TPSA) is 73.5 Å². The van der Waals surface area contributed by atoms with Crippen LogP contribution in [0.5, 0.6) is 5.75 Å². The fourth-order valence-corrected chi connectivity index (χ4v) is 2.70. The molecule has 0 radical (unpaired) electrons. The van der Waals surface area contributed by atoms with Crippen LogP contribution in [0.15, 0.2) is 57.8 Å². The number of aromatic nitrogens is 1. The van der Waals surface area contributed by atoms with Gasteiger partial charge in [0.25, 0.3) is 5.91 Å². The van der Waals surface area contributed by atoms with Crippen molar-refractivity contribution in [3.05, 3.63) is 70.1 Å². The molecule has 1 amide bonds. The van der Waals surface area contributed by atoms with Crippen LogP contribution in [0.3, 0.4) is 0 Å². The maximum Gasteiger partial charge on any atom is 0.370 e. The Morgan fingerprint density at radius 1 is 1.16 bits per heavy atom. The Bertz CT molecular complexity index is 971. The number of ether oxygens (including phenoxy) is 1. The Hall–Kier alpha value is -3.28. The molecule has 0 bridgehead atoms. The van der Waals surface area contributed by atoms with Gasteiger partial charge in [-0.3, -0.25) is 4.79 Å². The highest BCUT2D eigenvalue weighted by Gasteiger charge is 2.24. The first-order valence-corrected chi connectivity index (χ1v) is 7.73. The summed E-state index contributed by atoms with van der Waals surface area (Å²) in [5.74, 6) is -0.0300. The highest BCUT2D eigenvalue weighted by molar-refractivity contribution is 6.08. The second kappa shape index (κ2) is 6.68. The van der Waals surface area contributed by atoms with Crippen molar-refractivity contribution in [2.75, 3.05) is 12.4 Å². The minimum Gasteiger partial charge on any atom is -0.495 e. The van der Waals surface area contributed by atoms with E-state index >= 15 is 0 Å². The van der Waals surface area contributed by atoms with E-state index in [1.54, 1.807) is 19.2 Å². The number of methoxy groups -OCH3 is 1. The predicted octanol–water partition coefficient (Wildman–Crippen LogP) is 3.21. The van der Waals surface area contributed by atoms with E-state index in [0.29, 0.717) is 17.1 Å². The predicted molar refractivity (Wildman–Crippen MR) is 95.1 cm³/mol. The average molecular weight is 338 g/mol. The van der Waals surface area contributed by atoms with Gasteiger partial charge in [-0.1, -0.05) is 36.4 Å². The molecule has 0 unspecified atom stereocenters. The first-order chi connectivity index (χ1) is 12.0. The maximum absolute atomic E-state index is 12.8. The van der Waals surface area contributed by atoms with Crippen molar-refractivity contribution in [2.45, 2.75) is 6.92 Å². The molecule has 3 aromatic rings. The molecule has 0 atom stereocenters. The summed E-state index contributed by atoms with van der Waals surface area (Å²) in [7, 11) is 3.11. The number of amides is 1. The van der Waals surface area contributed by atoms with Crippen LogP contribution in [0.25, 0.3) is 11.3 Å². The summed E-state index contributed by atoms with van der Waals surface area (Å²) in [6.45, 7) is 1.90. The van der Waals surface area contributed by atoms with Crippen molar-refractivity contribution in [3.8, 4) is 17.0 Å². The standard InChI is InChI=1S/C19H18N2O4/c1-12-9-10-15(24-3)14(11-12)20-18(22)16-17(21(2)25-19(16)23)13-7-5-4-6-8-13/h4-11H,1-3H3,(H,20,22). The summed E-state index contributed by atoms with van der Waals surface area (Å²) in [5.41, 5.74) is 1.86. The van der Waals surface area contributed by atoms with Crippen LogP contribution in [0.1, 0.15) is 15.9 Å². The lowest BCUT2D eigenvalue weighted by Gasteiger charge is -2.11. The Labute approximate surface area is 144 Å². The van der Waals surface area contributed by atoms with Gasteiger partial charge in [-0.05, 0) is 24.6 Å². The van der Waals surface area contributed by atoms with Crippen LogP contribution in [0.4, 0.5) is 5.69 Å². The first kappa shape index (κ1) is 16.6. The van der Waals surface area contributed by atoms with Gasteiger partial charge in [0.05, 0.1) is 12.8 Å². The molecule has 0 saturated carbocycles. The van der Waals surface area contributed by atoms with Gasteiger partial charge in [-0.25, -0.2) is 9.53 Å². The number of aryl methyl sites for hydroxylation is 2. The lowest BCUT2D eigenvalue weighted by molar-refractivity contribution is 0.102. The number of carbonyl (C=O) groups is 1. The minimum atomic E-state index is -0.689. The van der Waals surface area contributed by atoms with Crippen molar-refractivity contribution in [1.82, 2.24) is 4.74 Å². The van der Waals surface area contributed by atoms with E-state index in [1.807, 2.05) is 43.3 Å². The Kier molecular flexibility index (Phi) is 4.43. The lowest BCUT2D eigenvalue weighted by atomic mass is 10.1. The number of hydrogen-bond donors (Lipinski definition) is 1. The highest BCUT2D eigenvalue weighted by Crippen LogP contribution is 2.27. The molecule has 1 N–H and O–H groups in total. The van der Waals surface area contributed by atoms with E-state index in [9.17, 15) is 9.59 Å². The summed E-state index contributed by atoms with van der Waals surface area (Å²) in [4.78, 5) is 25.0. The van der Waals surface area contributed by atoms with Crippen molar-refractivity contribution >= 4 is 11.6 Å². The number of benzene rings is 2. The van der Waals surface area contributed by atoms with Crippen LogP contribution in [-0.2, 0) is 7.05 Å². The molecular weight excluding hydrogens is 320 g/mol. The van der Waals surface area contributed by atoms with E-state index in [0.717, 1.165) is 11.1 Å². The van der Waals surface area contributed by atoms with Gasteiger partial charge >= 0.3 is 5.63 Å². The molecule has 1 aromatic heterocycles. The summed E-state index contributed by atoms with van der Waals surface area (Å²) < 4.78 is 11.7. The number of anilines is 1. The summed E-state index contributed by atoms with van der Waals surface area (Å²) in [5, 5.41) is 2.75. The van der Waals surface area contributed by atoms with E-state index in [2.05, 4.69) is 5.32 Å². The Balaban J connectivity index is 2.05. The first-order valence-electron chi connectivity index (χ1n) is 7.73. The molecule has 0 aliphatic rings. The van der Waals surface area contributed by atoms with Gasteiger partial charge in [0.2, 0.25) is 0 Å².